The first-order valence-corrected chi connectivity index (χ1v) is 8.22. The standard InChI is InChI=1S/C13H8FNO6S2/c14-7-1-3-8(4-2-7)23(20,21)13-15-9(6-22-13)10(16)5-11(17)12(18)19/h1-6,16H,(H,18,19). The number of thiazole rings is 1. The van der Waals surface area contributed by atoms with Crippen LogP contribution in [-0.4, -0.2) is 35.4 Å². The number of nitrogens with zero attached hydrogens (tertiary/aromatic N) is 1. The Morgan fingerprint density at radius 1 is 1.17 bits per heavy atom. The van der Waals surface area contributed by atoms with Crippen LogP contribution in [0.5, 0.6) is 0 Å². The number of carbonyl (C=O) groups is 2. The number of benzene rings is 1. The van der Waals surface area contributed by atoms with Gasteiger partial charge in [-0.1, -0.05) is 0 Å². The normalized spacial score (nSPS) is 12.1. The van der Waals surface area contributed by atoms with Gasteiger partial charge >= 0.3 is 5.97 Å². The first kappa shape index (κ1) is 16.8. The molecular weight excluding hydrogens is 349 g/mol. The largest absolute Gasteiger partial charge is 0.506 e. The van der Waals surface area contributed by atoms with Crippen molar-refractivity contribution in [2.75, 3.05) is 0 Å². The number of carbonyl (C=O) groups excluding carboxylic acids is 1. The molecule has 0 amide bonds. The Kier molecular flexibility index (Phi) is 4.57. The number of ketones is 1. The van der Waals surface area contributed by atoms with E-state index in [-0.39, 0.29) is 14.9 Å². The highest BCUT2D eigenvalue weighted by atomic mass is 32.2. The van der Waals surface area contributed by atoms with Crippen LogP contribution in [0, 0.1) is 5.82 Å². The van der Waals surface area contributed by atoms with E-state index in [1.54, 1.807) is 0 Å². The minimum Gasteiger partial charge on any atom is -0.506 e. The van der Waals surface area contributed by atoms with Crippen LogP contribution in [0.1, 0.15) is 5.69 Å². The average Bonchev–Trinajstić information content (AvgIpc) is 2.98. The summed E-state index contributed by atoms with van der Waals surface area (Å²) in [6.45, 7) is 0. The summed E-state index contributed by atoms with van der Waals surface area (Å²) in [7, 11) is -4.01. The minimum absolute atomic E-state index is 0.190. The summed E-state index contributed by atoms with van der Waals surface area (Å²) in [6.07, 6.45) is 0.422. The maximum absolute atomic E-state index is 12.8. The first-order chi connectivity index (χ1) is 10.7. The molecule has 23 heavy (non-hydrogen) atoms. The average molecular weight is 357 g/mol. The van der Waals surface area contributed by atoms with Crippen LogP contribution < -0.4 is 0 Å². The molecule has 0 spiro atoms. The molecule has 0 radical (unpaired) electrons. The number of aliphatic hydroxyl groups excluding tert-OH is 1. The van der Waals surface area contributed by atoms with Crippen LogP contribution >= 0.6 is 11.3 Å². The van der Waals surface area contributed by atoms with E-state index in [2.05, 4.69) is 4.98 Å². The Bertz CT molecular complexity index is 899. The fourth-order valence-electron chi connectivity index (χ4n) is 1.47. The number of rotatable bonds is 5. The highest BCUT2D eigenvalue weighted by Crippen LogP contribution is 2.26. The number of carboxylic acid groups (broad SMARTS) is 1. The van der Waals surface area contributed by atoms with Crippen molar-refractivity contribution in [3.8, 4) is 0 Å². The van der Waals surface area contributed by atoms with Crippen LogP contribution in [0.4, 0.5) is 4.39 Å². The second-order valence-corrected chi connectivity index (χ2v) is 7.14. The zero-order valence-corrected chi connectivity index (χ0v) is 12.8. The summed E-state index contributed by atoms with van der Waals surface area (Å²) in [5.74, 6) is -4.52. The topological polar surface area (TPSA) is 122 Å². The molecule has 1 heterocycles. The van der Waals surface area contributed by atoms with Crippen molar-refractivity contribution in [1.82, 2.24) is 4.98 Å². The Morgan fingerprint density at radius 2 is 1.78 bits per heavy atom. The van der Waals surface area contributed by atoms with Crippen molar-refractivity contribution in [2.45, 2.75) is 9.24 Å². The van der Waals surface area contributed by atoms with E-state index < -0.39 is 33.2 Å². The van der Waals surface area contributed by atoms with Gasteiger partial charge in [-0.05, 0) is 24.3 Å². The number of aliphatic carboxylic acids is 1. The minimum atomic E-state index is -4.01. The molecule has 0 saturated heterocycles. The lowest BCUT2D eigenvalue weighted by Crippen LogP contribution is -2.09. The van der Waals surface area contributed by atoms with Gasteiger partial charge in [0.2, 0.25) is 14.2 Å². The molecule has 0 aliphatic carbocycles. The molecule has 1 aromatic carbocycles. The fraction of sp³-hybridized carbons (Fsp3) is 0. The lowest BCUT2D eigenvalue weighted by atomic mass is 10.3. The number of aromatic nitrogens is 1. The molecular formula is C13H8FNO6S2. The summed E-state index contributed by atoms with van der Waals surface area (Å²) in [5, 5.41) is 19.2. The third-order valence-electron chi connectivity index (χ3n) is 2.58. The molecule has 0 fully saturated rings. The maximum atomic E-state index is 12.8. The van der Waals surface area contributed by atoms with Crippen LogP contribution in [0.3, 0.4) is 0 Å². The molecule has 0 unspecified atom stereocenters. The lowest BCUT2D eigenvalue weighted by molar-refractivity contribution is -0.146. The summed E-state index contributed by atoms with van der Waals surface area (Å²) in [5.41, 5.74) is -0.259. The smallest absolute Gasteiger partial charge is 0.376 e. The number of hydrogen-bond donors (Lipinski definition) is 2. The van der Waals surface area contributed by atoms with E-state index in [0.717, 1.165) is 29.6 Å². The molecule has 2 N–H and O–H groups in total. The fourth-order valence-corrected chi connectivity index (χ4v) is 3.86. The Balaban J connectivity index is 2.37. The van der Waals surface area contributed by atoms with Gasteiger partial charge in [-0.25, -0.2) is 22.6 Å². The lowest BCUT2D eigenvalue weighted by Gasteiger charge is -2.00. The zero-order valence-electron chi connectivity index (χ0n) is 11.1. The van der Waals surface area contributed by atoms with Gasteiger partial charge in [0.05, 0.1) is 4.90 Å². The second-order valence-electron chi connectivity index (χ2n) is 4.15. The molecule has 0 aliphatic heterocycles. The van der Waals surface area contributed by atoms with E-state index in [0.29, 0.717) is 17.4 Å². The van der Waals surface area contributed by atoms with Crippen LogP contribution in [0.25, 0.3) is 5.76 Å². The van der Waals surface area contributed by atoms with Crippen molar-refractivity contribution in [3.63, 3.8) is 0 Å². The van der Waals surface area contributed by atoms with Crippen molar-refractivity contribution in [1.29, 1.82) is 0 Å². The monoisotopic (exact) mass is 357 g/mol. The quantitative estimate of drug-likeness (QED) is 0.361. The molecule has 2 rings (SSSR count). The summed E-state index contributed by atoms with van der Waals surface area (Å²) in [6, 6.07) is 4.08. The third kappa shape index (κ3) is 3.60. The molecule has 0 aliphatic rings. The Hall–Kier alpha value is -2.59. The van der Waals surface area contributed by atoms with E-state index in [1.165, 1.54) is 0 Å². The van der Waals surface area contributed by atoms with E-state index in [9.17, 15) is 27.5 Å². The second kappa shape index (κ2) is 6.26. The number of sulfone groups is 1. The summed E-state index contributed by atoms with van der Waals surface area (Å²) in [4.78, 5) is 24.8. The molecule has 10 heteroatoms. The number of aliphatic hydroxyl groups is 1. The molecule has 0 atom stereocenters. The van der Waals surface area contributed by atoms with Gasteiger partial charge in [-0.3, -0.25) is 4.79 Å². The summed E-state index contributed by atoms with van der Waals surface area (Å²) < 4.78 is 37.0. The predicted molar refractivity (Wildman–Crippen MR) is 77.2 cm³/mol. The van der Waals surface area contributed by atoms with Crippen molar-refractivity contribution < 1.29 is 32.6 Å². The molecule has 7 nitrogen and oxygen atoms in total. The van der Waals surface area contributed by atoms with Crippen LogP contribution in [0.2, 0.25) is 0 Å². The van der Waals surface area contributed by atoms with Crippen LogP contribution in [0.15, 0.2) is 45.0 Å². The van der Waals surface area contributed by atoms with Gasteiger partial charge in [-0.15, -0.1) is 11.3 Å². The summed E-state index contributed by atoms with van der Waals surface area (Å²) >= 11 is 0.667. The van der Waals surface area contributed by atoms with Gasteiger partial charge in [0.25, 0.3) is 5.78 Å². The van der Waals surface area contributed by atoms with E-state index in [1.807, 2.05) is 0 Å². The first-order valence-electron chi connectivity index (χ1n) is 5.86. The van der Waals surface area contributed by atoms with E-state index in [4.69, 9.17) is 5.11 Å². The van der Waals surface area contributed by atoms with Gasteiger partial charge in [0.1, 0.15) is 17.3 Å². The molecule has 1 aromatic heterocycles. The van der Waals surface area contributed by atoms with Gasteiger partial charge < -0.3 is 10.2 Å². The Labute approximate surface area is 133 Å². The molecule has 2 aromatic rings. The number of carboxylic acids is 1. The van der Waals surface area contributed by atoms with Crippen molar-refractivity contribution >= 4 is 38.7 Å². The Morgan fingerprint density at radius 3 is 2.35 bits per heavy atom. The van der Waals surface area contributed by atoms with Crippen LogP contribution in [-0.2, 0) is 19.4 Å². The predicted octanol–water partition coefficient (Wildman–Crippen LogP) is 1.67. The highest BCUT2D eigenvalue weighted by Gasteiger charge is 2.23. The molecule has 0 saturated carbocycles. The third-order valence-corrected chi connectivity index (χ3v) is 5.60. The zero-order chi connectivity index (χ0) is 17.2. The van der Waals surface area contributed by atoms with Crippen molar-refractivity contribution in [2.24, 2.45) is 0 Å². The van der Waals surface area contributed by atoms with Crippen molar-refractivity contribution in [3.05, 3.63) is 47.2 Å². The SMILES string of the molecule is O=C(O)C(=O)C=C(O)c1csc(S(=O)(=O)c2ccc(F)cc2)n1. The maximum Gasteiger partial charge on any atom is 0.376 e. The molecule has 0 bridgehead atoms. The van der Waals surface area contributed by atoms with Gasteiger partial charge in [0.15, 0.2) is 0 Å². The number of halogens is 1. The highest BCUT2D eigenvalue weighted by molar-refractivity contribution is 7.93. The number of hydrogen-bond acceptors (Lipinski definition) is 7. The molecule has 120 valence electrons. The van der Waals surface area contributed by atoms with Gasteiger partial charge in [-0.2, -0.15) is 0 Å². The van der Waals surface area contributed by atoms with E-state index >= 15 is 0 Å². The van der Waals surface area contributed by atoms with Gasteiger partial charge in [0, 0.05) is 11.5 Å².